The summed E-state index contributed by atoms with van der Waals surface area (Å²) in [5.74, 6) is 0.796. The third-order valence-electron chi connectivity index (χ3n) is 3.19. The minimum Gasteiger partial charge on any atom is -0.463 e. The Morgan fingerprint density at radius 3 is 3.11 bits per heavy atom. The molecule has 4 nitrogen and oxygen atoms in total. The van der Waals surface area contributed by atoms with Gasteiger partial charge in [0.15, 0.2) is 0 Å². The number of piperidine rings is 1. The zero-order valence-electron chi connectivity index (χ0n) is 10.8. The predicted octanol–water partition coefficient (Wildman–Crippen LogP) is 2.60. The van der Waals surface area contributed by atoms with Gasteiger partial charge in [0.2, 0.25) is 0 Å². The second-order valence-corrected chi connectivity index (χ2v) is 5.20. The number of ether oxygens (including phenoxy) is 1. The highest BCUT2D eigenvalue weighted by Gasteiger charge is 2.12. The van der Waals surface area contributed by atoms with Gasteiger partial charge in [-0.15, -0.1) is 0 Å². The summed E-state index contributed by atoms with van der Waals surface area (Å²) in [4.78, 5) is 8.23. The fraction of sp³-hybridized carbons (Fsp3) is 0.692. The van der Waals surface area contributed by atoms with Crippen molar-refractivity contribution in [3.8, 4) is 6.01 Å². The summed E-state index contributed by atoms with van der Waals surface area (Å²) in [6.07, 6.45) is 4.87. The molecule has 1 fully saturated rings. The average Bonchev–Trinajstić information content (AvgIpc) is 2.35. The van der Waals surface area contributed by atoms with Gasteiger partial charge in [-0.1, -0.05) is 11.6 Å². The minimum absolute atomic E-state index is 0.391. The van der Waals surface area contributed by atoms with Crippen molar-refractivity contribution in [1.29, 1.82) is 0 Å². The van der Waals surface area contributed by atoms with E-state index in [2.05, 4.69) is 15.3 Å². The number of hydrogen-bond acceptors (Lipinski definition) is 4. The number of rotatable bonds is 5. The largest absolute Gasteiger partial charge is 0.463 e. The molecule has 0 bridgehead atoms. The molecule has 0 radical (unpaired) electrons. The Labute approximate surface area is 113 Å². The highest BCUT2D eigenvalue weighted by molar-refractivity contribution is 6.29. The lowest BCUT2D eigenvalue weighted by molar-refractivity contribution is 0.259. The molecule has 1 aliphatic rings. The van der Waals surface area contributed by atoms with E-state index in [1.807, 2.05) is 6.92 Å². The first kappa shape index (κ1) is 13.6. The van der Waals surface area contributed by atoms with Crippen molar-refractivity contribution in [2.75, 3.05) is 19.7 Å². The molecule has 2 heterocycles. The maximum absolute atomic E-state index is 5.85. The van der Waals surface area contributed by atoms with E-state index in [1.165, 1.54) is 25.8 Å². The fourth-order valence-corrected chi connectivity index (χ4v) is 2.50. The van der Waals surface area contributed by atoms with E-state index in [-0.39, 0.29) is 0 Å². The second-order valence-electron chi connectivity index (χ2n) is 4.82. The van der Waals surface area contributed by atoms with Gasteiger partial charge in [-0.05, 0) is 57.7 Å². The summed E-state index contributed by atoms with van der Waals surface area (Å²) in [5.41, 5.74) is 0.835. The van der Waals surface area contributed by atoms with Gasteiger partial charge in [-0.2, -0.15) is 4.98 Å². The lowest BCUT2D eigenvalue weighted by Crippen LogP contribution is -2.29. The Morgan fingerprint density at radius 1 is 1.50 bits per heavy atom. The Hall–Kier alpha value is -0.870. The molecule has 1 saturated heterocycles. The fourth-order valence-electron chi connectivity index (χ4n) is 2.27. The van der Waals surface area contributed by atoms with Crippen molar-refractivity contribution in [3.63, 3.8) is 0 Å². The van der Waals surface area contributed by atoms with Gasteiger partial charge >= 0.3 is 6.01 Å². The van der Waals surface area contributed by atoms with Crippen LogP contribution in [0.1, 0.15) is 31.4 Å². The molecule has 1 N–H and O–H groups in total. The number of nitrogens with one attached hydrogen (secondary N) is 1. The molecule has 1 atom stereocenters. The van der Waals surface area contributed by atoms with Gasteiger partial charge in [0.05, 0.1) is 6.61 Å². The van der Waals surface area contributed by atoms with Crippen molar-refractivity contribution in [2.24, 2.45) is 5.92 Å². The third kappa shape index (κ3) is 4.42. The molecule has 1 aromatic heterocycles. The standard InChI is InChI=1S/C13H20ClN3O/c1-10-8-12(14)17-13(16-10)18-7-3-5-11-4-2-6-15-9-11/h8,11,15H,2-7,9H2,1H3. The highest BCUT2D eigenvalue weighted by Crippen LogP contribution is 2.16. The van der Waals surface area contributed by atoms with Crippen LogP contribution in [-0.4, -0.2) is 29.7 Å². The van der Waals surface area contributed by atoms with Gasteiger partial charge in [0, 0.05) is 5.69 Å². The van der Waals surface area contributed by atoms with Gasteiger partial charge in [0.25, 0.3) is 0 Å². The van der Waals surface area contributed by atoms with E-state index in [4.69, 9.17) is 16.3 Å². The zero-order chi connectivity index (χ0) is 12.8. The van der Waals surface area contributed by atoms with Gasteiger partial charge < -0.3 is 10.1 Å². The van der Waals surface area contributed by atoms with Crippen LogP contribution in [0.3, 0.4) is 0 Å². The van der Waals surface area contributed by atoms with Crippen LogP contribution in [0.4, 0.5) is 0 Å². The topological polar surface area (TPSA) is 47.0 Å². The monoisotopic (exact) mass is 269 g/mol. The van der Waals surface area contributed by atoms with Crippen molar-refractivity contribution in [3.05, 3.63) is 16.9 Å². The molecule has 0 saturated carbocycles. The Bertz CT molecular complexity index is 360. The number of aromatic nitrogens is 2. The van der Waals surface area contributed by atoms with E-state index < -0.39 is 0 Å². The Balaban J connectivity index is 1.68. The van der Waals surface area contributed by atoms with Crippen LogP contribution >= 0.6 is 11.6 Å². The Kier molecular flexibility index (Phi) is 5.20. The molecule has 18 heavy (non-hydrogen) atoms. The number of hydrogen-bond donors (Lipinski definition) is 1. The molecule has 1 aromatic rings. The first-order valence-electron chi connectivity index (χ1n) is 6.59. The maximum Gasteiger partial charge on any atom is 0.318 e. The lowest BCUT2D eigenvalue weighted by Gasteiger charge is -2.22. The summed E-state index contributed by atoms with van der Waals surface area (Å²) >= 11 is 5.85. The molecule has 5 heteroatoms. The molecule has 1 unspecified atom stereocenters. The summed E-state index contributed by atoms with van der Waals surface area (Å²) in [7, 11) is 0. The zero-order valence-corrected chi connectivity index (χ0v) is 11.5. The van der Waals surface area contributed by atoms with Crippen LogP contribution < -0.4 is 10.1 Å². The van der Waals surface area contributed by atoms with Crippen LogP contribution in [0.15, 0.2) is 6.07 Å². The van der Waals surface area contributed by atoms with E-state index in [9.17, 15) is 0 Å². The van der Waals surface area contributed by atoms with E-state index >= 15 is 0 Å². The van der Waals surface area contributed by atoms with Crippen molar-refractivity contribution >= 4 is 11.6 Å². The smallest absolute Gasteiger partial charge is 0.318 e. The van der Waals surface area contributed by atoms with Crippen LogP contribution in [0, 0.1) is 12.8 Å². The first-order chi connectivity index (χ1) is 8.74. The summed E-state index contributed by atoms with van der Waals surface area (Å²) < 4.78 is 5.53. The first-order valence-corrected chi connectivity index (χ1v) is 6.96. The molecule has 0 spiro atoms. The molecule has 0 aromatic carbocycles. The summed E-state index contributed by atoms with van der Waals surface area (Å²) in [6, 6.07) is 2.11. The second kappa shape index (κ2) is 6.90. The number of aryl methyl sites for hydroxylation is 1. The van der Waals surface area contributed by atoms with Crippen LogP contribution in [0.25, 0.3) is 0 Å². The lowest BCUT2D eigenvalue weighted by atomic mass is 9.95. The van der Waals surface area contributed by atoms with E-state index in [0.29, 0.717) is 17.8 Å². The highest BCUT2D eigenvalue weighted by atomic mass is 35.5. The predicted molar refractivity (Wildman–Crippen MR) is 72.1 cm³/mol. The maximum atomic E-state index is 5.85. The molecular weight excluding hydrogens is 250 g/mol. The third-order valence-corrected chi connectivity index (χ3v) is 3.38. The molecular formula is C13H20ClN3O. The SMILES string of the molecule is Cc1cc(Cl)nc(OCCCC2CCCNC2)n1. The average molecular weight is 270 g/mol. The van der Waals surface area contributed by atoms with Gasteiger partial charge in [0.1, 0.15) is 5.15 Å². The number of nitrogens with zero attached hydrogens (tertiary/aromatic N) is 2. The molecule has 0 aliphatic carbocycles. The van der Waals surface area contributed by atoms with E-state index in [1.54, 1.807) is 6.07 Å². The van der Waals surface area contributed by atoms with Crippen LogP contribution in [-0.2, 0) is 0 Å². The molecule has 2 rings (SSSR count). The van der Waals surface area contributed by atoms with Gasteiger partial charge in [-0.25, -0.2) is 4.98 Å². The van der Waals surface area contributed by atoms with Gasteiger partial charge in [-0.3, -0.25) is 0 Å². The van der Waals surface area contributed by atoms with Crippen molar-refractivity contribution in [1.82, 2.24) is 15.3 Å². The van der Waals surface area contributed by atoms with Crippen LogP contribution in [0.2, 0.25) is 5.15 Å². The molecule has 0 amide bonds. The Morgan fingerprint density at radius 2 is 2.39 bits per heavy atom. The minimum atomic E-state index is 0.391. The molecule has 100 valence electrons. The quantitative estimate of drug-likeness (QED) is 0.659. The van der Waals surface area contributed by atoms with Crippen molar-refractivity contribution < 1.29 is 4.74 Å². The normalized spacial score (nSPS) is 19.8. The molecule has 1 aliphatic heterocycles. The number of halogens is 1. The summed E-state index contributed by atoms with van der Waals surface area (Å²) in [6.45, 7) is 4.86. The summed E-state index contributed by atoms with van der Waals surface area (Å²) in [5, 5.41) is 3.86. The van der Waals surface area contributed by atoms with Crippen molar-refractivity contribution in [2.45, 2.75) is 32.6 Å². The van der Waals surface area contributed by atoms with Crippen LogP contribution in [0.5, 0.6) is 6.01 Å². The van der Waals surface area contributed by atoms with E-state index in [0.717, 1.165) is 24.6 Å².